The topological polar surface area (TPSA) is 61.6 Å². The van der Waals surface area contributed by atoms with Crippen molar-refractivity contribution in [1.82, 2.24) is 0 Å². The van der Waals surface area contributed by atoms with Crippen LogP contribution in [0.4, 0.5) is 5.69 Å². The minimum Gasteiger partial charge on any atom is -0.480 e. The summed E-state index contributed by atoms with van der Waals surface area (Å²) in [6, 6.07) is 4.89. The zero-order chi connectivity index (χ0) is 14.7. The van der Waals surface area contributed by atoms with E-state index in [2.05, 4.69) is 0 Å². The molecule has 1 aliphatic carbocycles. The van der Waals surface area contributed by atoms with Crippen molar-refractivity contribution in [2.45, 2.75) is 44.3 Å². The quantitative estimate of drug-likeness (QED) is 0.458. The Bertz CT molecular complexity index is 494. The van der Waals surface area contributed by atoms with E-state index < -0.39 is 4.92 Å². The molecule has 0 N–H and O–H groups in total. The van der Waals surface area contributed by atoms with Gasteiger partial charge < -0.3 is 9.47 Å². The highest BCUT2D eigenvalue weighted by Gasteiger charge is 2.43. The Morgan fingerprint density at radius 3 is 2.85 bits per heavy atom. The van der Waals surface area contributed by atoms with Crippen LogP contribution in [0.2, 0.25) is 0 Å². The summed E-state index contributed by atoms with van der Waals surface area (Å²) in [7, 11) is 0. The number of benzene rings is 1. The number of halogens is 1. The summed E-state index contributed by atoms with van der Waals surface area (Å²) in [5.41, 5.74) is 0.726. The van der Waals surface area contributed by atoms with E-state index in [1.54, 1.807) is 19.1 Å². The highest BCUT2D eigenvalue weighted by molar-refractivity contribution is 6.21. The van der Waals surface area contributed by atoms with Gasteiger partial charge in [0.15, 0.2) is 5.75 Å². The molecule has 1 aromatic rings. The molecule has 0 aromatic heterocycles. The predicted molar refractivity (Wildman–Crippen MR) is 76.5 cm³/mol. The van der Waals surface area contributed by atoms with Gasteiger partial charge in [0, 0.05) is 19.1 Å². The molecular weight excluding hydrogens is 282 g/mol. The lowest BCUT2D eigenvalue weighted by atomic mass is 9.90. The molecule has 20 heavy (non-hydrogen) atoms. The van der Waals surface area contributed by atoms with Gasteiger partial charge in [0.05, 0.1) is 10.3 Å². The monoisotopic (exact) mass is 299 g/mol. The zero-order valence-electron chi connectivity index (χ0n) is 11.5. The Morgan fingerprint density at radius 1 is 1.50 bits per heavy atom. The van der Waals surface area contributed by atoms with Crippen molar-refractivity contribution in [3.63, 3.8) is 0 Å². The van der Waals surface area contributed by atoms with Crippen LogP contribution < -0.4 is 4.74 Å². The molecule has 3 atom stereocenters. The van der Waals surface area contributed by atoms with Crippen LogP contribution in [0.25, 0.3) is 0 Å². The lowest BCUT2D eigenvalue weighted by Gasteiger charge is -2.40. The molecule has 2 rings (SSSR count). The van der Waals surface area contributed by atoms with Crippen LogP contribution in [0.15, 0.2) is 18.2 Å². The van der Waals surface area contributed by atoms with Crippen molar-refractivity contribution in [3.05, 3.63) is 33.9 Å². The van der Waals surface area contributed by atoms with Crippen LogP contribution >= 0.6 is 11.6 Å². The average Bonchev–Trinajstić information content (AvgIpc) is 2.40. The van der Waals surface area contributed by atoms with Gasteiger partial charge in [-0.15, -0.1) is 11.6 Å². The minimum atomic E-state index is -0.429. The molecule has 3 unspecified atom stereocenters. The van der Waals surface area contributed by atoms with Crippen molar-refractivity contribution >= 4 is 17.3 Å². The fraction of sp³-hybridized carbons (Fsp3) is 0.571. The van der Waals surface area contributed by atoms with Crippen molar-refractivity contribution in [1.29, 1.82) is 0 Å². The number of hydrogen-bond acceptors (Lipinski definition) is 4. The summed E-state index contributed by atoms with van der Waals surface area (Å²) in [5, 5.41) is 11.0. The molecule has 1 saturated carbocycles. The number of nitro groups is 1. The number of rotatable bonds is 6. The standard InChI is InChI=1S/C14H18ClNO4/c1-3-7-19-14-10(15)8-12(14)20-13-9(2)5-4-6-11(13)16(17)18/h4-6,10,12,14H,3,7-8H2,1-2H3. The third kappa shape index (κ3) is 3.04. The second-order valence-corrected chi connectivity index (χ2v) is 5.48. The molecule has 1 fully saturated rings. The van der Waals surface area contributed by atoms with E-state index in [0.717, 1.165) is 12.0 Å². The van der Waals surface area contributed by atoms with Crippen LogP contribution in [-0.4, -0.2) is 29.1 Å². The maximum absolute atomic E-state index is 11.0. The molecule has 6 heteroatoms. The largest absolute Gasteiger partial charge is 0.480 e. The predicted octanol–water partition coefficient (Wildman–Crippen LogP) is 3.46. The Morgan fingerprint density at radius 2 is 2.25 bits per heavy atom. The number of para-hydroxylation sites is 1. The van der Waals surface area contributed by atoms with Crippen molar-refractivity contribution in [3.8, 4) is 5.75 Å². The second kappa shape index (κ2) is 6.41. The Kier molecular flexibility index (Phi) is 4.83. The maximum Gasteiger partial charge on any atom is 0.311 e. The van der Waals surface area contributed by atoms with Gasteiger partial charge in [-0.3, -0.25) is 10.1 Å². The molecular formula is C14H18ClNO4. The number of aryl methyl sites for hydroxylation is 1. The van der Waals surface area contributed by atoms with Crippen molar-refractivity contribution in [2.24, 2.45) is 0 Å². The molecule has 0 spiro atoms. The van der Waals surface area contributed by atoms with Crippen LogP contribution in [-0.2, 0) is 4.74 Å². The van der Waals surface area contributed by atoms with Crippen LogP contribution in [0.3, 0.4) is 0 Å². The molecule has 0 aliphatic heterocycles. The first-order valence-corrected chi connectivity index (χ1v) is 7.14. The Labute approximate surface area is 123 Å². The molecule has 1 aliphatic rings. The molecule has 1 aromatic carbocycles. The van der Waals surface area contributed by atoms with Gasteiger partial charge in [-0.25, -0.2) is 0 Å². The van der Waals surface area contributed by atoms with Crippen LogP contribution in [0, 0.1) is 17.0 Å². The highest BCUT2D eigenvalue weighted by atomic mass is 35.5. The van der Waals surface area contributed by atoms with E-state index in [1.165, 1.54) is 6.07 Å². The first-order chi connectivity index (χ1) is 9.54. The SMILES string of the molecule is CCCOC1C(Cl)CC1Oc1c(C)cccc1[N+](=O)[O-]. The molecule has 0 saturated heterocycles. The Hall–Kier alpha value is -1.33. The van der Waals surface area contributed by atoms with Crippen molar-refractivity contribution < 1.29 is 14.4 Å². The average molecular weight is 300 g/mol. The van der Waals surface area contributed by atoms with Gasteiger partial charge >= 0.3 is 5.69 Å². The normalized spacial score (nSPS) is 25.1. The zero-order valence-corrected chi connectivity index (χ0v) is 12.3. The molecule has 0 heterocycles. The van der Waals surface area contributed by atoms with E-state index in [-0.39, 0.29) is 23.3 Å². The Balaban J connectivity index is 2.12. The minimum absolute atomic E-state index is 0.0164. The smallest absolute Gasteiger partial charge is 0.311 e. The summed E-state index contributed by atoms with van der Waals surface area (Å²) in [5.74, 6) is 0.316. The van der Waals surface area contributed by atoms with E-state index in [0.29, 0.717) is 18.8 Å². The fourth-order valence-electron chi connectivity index (χ4n) is 2.19. The van der Waals surface area contributed by atoms with Gasteiger partial charge in [0.2, 0.25) is 0 Å². The van der Waals surface area contributed by atoms with Crippen molar-refractivity contribution in [2.75, 3.05) is 6.61 Å². The van der Waals surface area contributed by atoms with Gasteiger partial charge in [-0.2, -0.15) is 0 Å². The van der Waals surface area contributed by atoms with E-state index in [4.69, 9.17) is 21.1 Å². The molecule has 0 bridgehead atoms. The van der Waals surface area contributed by atoms with E-state index in [1.807, 2.05) is 6.92 Å². The van der Waals surface area contributed by atoms with Crippen LogP contribution in [0.1, 0.15) is 25.3 Å². The summed E-state index contributed by atoms with van der Waals surface area (Å²) in [6.07, 6.45) is 1.12. The maximum atomic E-state index is 11.0. The number of ether oxygens (including phenoxy) is 2. The first kappa shape index (κ1) is 15.1. The first-order valence-electron chi connectivity index (χ1n) is 6.71. The second-order valence-electron chi connectivity index (χ2n) is 4.92. The van der Waals surface area contributed by atoms with Gasteiger partial charge in [0.1, 0.15) is 12.2 Å². The summed E-state index contributed by atoms with van der Waals surface area (Å²) < 4.78 is 11.4. The third-order valence-corrected chi connectivity index (χ3v) is 3.78. The summed E-state index contributed by atoms with van der Waals surface area (Å²) in [4.78, 5) is 10.6. The fourth-order valence-corrected chi connectivity index (χ4v) is 2.60. The van der Waals surface area contributed by atoms with Crippen LogP contribution in [0.5, 0.6) is 5.75 Å². The molecule has 0 radical (unpaired) electrons. The van der Waals surface area contributed by atoms with Gasteiger partial charge in [-0.1, -0.05) is 19.1 Å². The summed E-state index contributed by atoms with van der Waals surface area (Å²) >= 11 is 6.11. The van der Waals surface area contributed by atoms with E-state index in [9.17, 15) is 10.1 Å². The number of alkyl halides is 1. The number of nitrogens with zero attached hydrogens (tertiary/aromatic N) is 1. The highest BCUT2D eigenvalue weighted by Crippen LogP contribution is 2.37. The lowest BCUT2D eigenvalue weighted by molar-refractivity contribution is -0.386. The summed E-state index contributed by atoms with van der Waals surface area (Å²) in [6.45, 7) is 4.43. The molecule has 0 amide bonds. The van der Waals surface area contributed by atoms with Gasteiger partial charge in [-0.05, 0) is 18.9 Å². The van der Waals surface area contributed by atoms with Gasteiger partial charge in [0.25, 0.3) is 0 Å². The number of nitro benzene ring substituents is 1. The lowest BCUT2D eigenvalue weighted by Crippen LogP contribution is -2.52. The van der Waals surface area contributed by atoms with E-state index >= 15 is 0 Å². The molecule has 5 nitrogen and oxygen atoms in total. The number of hydrogen-bond donors (Lipinski definition) is 0. The third-order valence-electron chi connectivity index (χ3n) is 3.35. The molecule has 110 valence electrons.